The van der Waals surface area contributed by atoms with Gasteiger partial charge in [0.25, 0.3) is 0 Å². The number of aryl methyl sites for hydroxylation is 1. The second kappa shape index (κ2) is 8.83. The second-order valence-electron chi connectivity index (χ2n) is 7.38. The van der Waals surface area contributed by atoms with Gasteiger partial charge in [-0.15, -0.1) is 0 Å². The highest BCUT2D eigenvalue weighted by Crippen LogP contribution is 2.31. The number of nitriles is 1. The quantitative estimate of drug-likeness (QED) is 0.668. The Bertz CT molecular complexity index is 703. The summed E-state index contributed by atoms with van der Waals surface area (Å²) in [5.74, 6) is 0.246. The SMILES string of the molecule is Cc1ccc(C#N)c(C(CCN(C(C)C)C(C)C)c2ccccc2)c1. The van der Waals surface area contributed by atoms with Gasteiger partial charge in [0.1, 0.15) is 0 Å². The van der Waals surface area contributed by atoms with E-state index in [9.17, 15) is 5.26 Å². The summed E-state index contributed by atoms with van der Waals surface area (Å²) in [6.45, 7) is 12.1. The van der Waals surface area contributed by atoms with Gasteiger partial charge in [-0.25, -0.2) is 0 Å². The number of hydrogen-bond acceptors (Lipinski definition) is 2. The molecule has 1 unspecified atom stereocenters. The molecule has 0 bridgehead atoms. The fraction of sp³-hybridized carbons (Fsp3) is 0.435. The van der Waals surface area contributed by atoms with E-state index in [-0.39, 0.29) is 5.92 Å². The standard InChI is InChI=1S/C23H30N2/c1-17(2)25(18(3)4)14-13-22(20-9-7-6-8-10-20)23-15-19(5)11-12-21(23)16-24/h6-12,15,17-18,22H,13-14H2,1-5H3. The van der Waals surface area contributed by atoms with Crippen LogP contribution in [0.15, 0.2) is 48.5 Å². The molecule has 1 atom stereocenters. The summed E-state index contributed by atoms with van der Waals surface area (Å²) in [7, 11) is 0. The number of hydrogen-bond donors (Lipinski definition) is 0. The monoisotopic (exact) mass is 334 g/mol. The molecule has 0 spiro atoms. The molecule has 2 aromatic carbocycles. The van der Waals surface area contributed by atoms with Crippen LogP contribution in [-0.2, 0) is 0 Å². The largest absolute Gasteiger partial charge is 0.299 e. The van der Waals surface area contributed by atoms with E-state index in [0.29, 0.717) is 12.1 Å². The lowest BCUT2D eigenvalue weighted by molar-refractivity contribution is 0.170. The van der Waals surface area contributed by atoms with Gasteiger partial charge >= 0.3 is 0 Å². The number of nitrogens with zero attached hydrogens (tertiary/aromatic N) is 2. The van der Waals surface area contributed by atoms with Gasteiger partial charge in [0.05, 0.1) is 11.6 Å². The van der Waals surface area contributed by atoms with Gasteiger partial charge in [-0.2, -0.15) is 5.26 Å². The van der Waals surface area contributed by atoms with Crippen molar-refractivity contribution >= 4 is 0 Å². The molecule has 132 valence electrons. The van der Waals surface area contributed by atoms with Crippen LogP contribution in [-0.4, -0.2) is 23.5 Å². The van der Waals surface area contributed by atoms with E-state index in [2.05, 4.69) is 82.0 Å². The van der Waals surface area contributed by atoms with Gasteiger partial charge in [-0.3, -0.25) is 4.90 Å². The third-order valence-electron chi connectivity index (χ3n) is 4.91. The van der Waals surface area contributed by atoms with E-state index in [1.54, 1.807) is 0 Å². The molecule has 0 aliphatic carbocycles. The van der Waals surface area contributed by atoms with Crippen molar-refractivity contribution in [3.8, 4) is 6.07 Å². The summed E-state index contributed by atoms with van der Waals surface area (Å²) in [5, 5.41) is 9.60. The van der Waals surface area contributed by atoms with E-state index < -0.39 is 0 Å². The van der Waals surface area contributed by atoms with Crippen molar-refractivity contribution in [2.24, 2.45) is 0 Å². The average Bonchev–Trinajstić information content (AvgIpc) is 2.59. The van der Waals surface area contributed by atoms with Gasteiger partial charge < -0.3 is 0 Å². The van der Waals surface area contributed by atoms with Crippen molar-refractivity contribution in [1.82, 2.24) is 4.90 Å². The van der Waals surface area contributed by atoms with Crippen LogP contribution in [0.5, 0.6) is 0 Å². The first-order chi connectivity index (χ1) is 11.9. The smallest absolute Gasteiger partial charge is 0.0994 e. The number of benzene rings is 2. The predicted octanol–water partition coefficient (Wildman–Crippen LogP) is 5.51. The molecule has 0 saturated heterocycles. The molecule has 0 N–H and O–H groups in total. The zero-order valence-electron chi connectivity index (χ0n) is 16.2. The Labute approximate surface area is 153 Å². The van der Waals surface area contributed by atoms with Gasteiger partial charge in [0, 0.05) is 18.0 Å². The van der Waals surface area contributed by atoms with Crippen LogP contribution in [0, 0.1) is 18.3 Å². The Balaban J connectivity index is 2.39. The van der Waals surface area contributed by atoms with E-state index in [0.717, 1.165) is 24.1 Å². The Hall–Kier alpha value is -2.11. The van der Waals surface area contributed by atoms with Crippen LogP contribution >= 0.6 is 0 Å². The van der Waals surface area contributed by atoms with Gasteiger partial charge in [0.2, 0.25) is 0 Å². The lowest BCUT2D eigenvalue weighted by atomic mass is 9.85. The molecule has 2 heteroatoms. The molecule has 2 rings (SSSR count). The fourth-order valence-corrected chi connectivity index (χ4v) is 3.65. The zero-order chi connectivity index (χ0) is 18.4. The minimum atomic E-state index is 0.246. The van der Waals surface area contributed by atoms with Crippen LogP contribution in [0.2, 0.25) is 0 Å². The van der Waals surface area contributed by atoms with Crippen LogP contribution in [0.3, 0.4) is 0 Å². The summed E-state index contributed by atoms with van der Waals surface area (Å²) in [5.41, 5.74) is 4.44. The zero-order valence-corrected chi connectivity index (χ0v) is 16.2. The van der Waals surface area contributed by atoms with Crippen LogP contribution < -0.4 is 0 Å². The first-order valence-corrected chi connectivity index (χ1v) is 9.25. The minimum absolute atomic E-state index is 0.246. The molecule has 25 heavy (non-hydrogen) atoms. The van der Waals surface area contributed by atoms with Crippen LogP contribution in [0.4, 0.5) is 0 Å². The molecule has 2 nitrogen and oxygen atoms in total. The predicted molar refractivity (Wildman–Crippen MR) is 106 cm³/mol. The fourth-order valence-electron chi connectivity index (χ4n) is 3.65. The van der Waals surface area contributed by atoms with Crippen molar-refractivity contribution < 1.29 is 0 Å². The van der Waals surface area contributed by atoms with E-state index >= 15 is 0 Å². The molecular formula is C23H30N2. The summed E-state index contributed by atoms with van der Waals surface area (Å²) < 4.78 is 0. The molecule has 0 heterocycles. The Kier molecular flexibility index (Phi) is 6.79. The molecule has 0 aliphatic rings. The van der Waals surface area contributed by atoms with Gasteiger partial charge in [-0.05, 0) is 64.8 Å². The maximum atomic E-state index is 9.60. The molecule has 2 aromatic rings. The first kappa shape index (κ1) is 19.2. The van der Waals surface area contributed by atoms with Gasteiger partial charge in [0.15, 0.2) is 0 Å². The van der Waals surface area contributed by atoms with E-state index in [1.165, 1.54) is 11.1 Å². The normalized spacial score (nSPS) is 12.6. The van der Waals surface area contributed by atoms with Crippen LogP contribution in [0.25, 0.3) is 0 Å². The summed E-state index contributed by atoms with van der Waals surface area (Å²) in [6.07, 6.45) is 1.01. The summed E-state index contributed by atoms with van der Waals surface area (Å²) in [6, 6.07) is 20.2. The van der Waals surface area contributed by atoms with Crippen molar-refractivity contribution in [3.05, 3.63) is 70.8 Å². The minimum Gasteiger partial charge on any atom is -0.299 e. The Morgan fingerprint density at radius 2 is 1.60 bits per heavy atom. The highest BCUT2D eigenvalue weighted by Gasteiger charge is 2.21. The molecule has 0 amide bonds. The van der Waals surface area contributed by atoms with Crippen molar-refractivity contribution in [1.29, 1.82) is 5.26 Å². The van der Waals surface area contributed by atoms with Crippen molar-refractivity contribution in [2.75, 3.05) is 6.54 Å². The highest BCUT2D eigenvalue weighted by molar-refractivity contribution is 5.46. The van der Waals surface area contributed by atoms with E-state index in [1.807, 2.05) is 12.1 Å². The first-order valence-electron chi connectivity index (χ1n) is 9.25. The van der Waals surface area contributed by atoms with Crippen LogP contribution in [0.1, 0.15) is 62.3 Å². The number of rotatable bonds is 7. The van der Waals surface area contributed by atoms with E-state index in [4.69, 9.17) is 0 Å². The highest BCUT2D eigenvalue weighted by atomic mass is 15.2. The topological polar surface area (TPSA) is 27.0 Å². The molecule has 0 fully saturated rings. The molecule has 0 radical (unpaired) electrons. The lowest BCUT2D eigenvalue weighted by Crippen LogP contribution is -2.38. The third-order valence-corrected chi connectivity index (χ3v) is 4.91. The molecule has 0 saturated carbocycles. The average molecular weight is 335 g/mol. The maximum absolute atomic E-state index is 9.60. The summed E-state index contributed by atoms with van der Waals surface area (Å²) in [4.78, 5) is 2.53. The van der Waals surface area contributed by atoms with Gasteiger partial charge in [-0.1, -0.05) is 48.0 Å². The Morgan fingerprint density at radius 1 is 0.960 bits per heavy atom. The summed E-state index contributed by atoms with van der Waals surface area (Å²) >= 11 is 0. The maximum Gasteiger partial charge on any atom is 0.0994 e. The molecular weight excluding hydrogens is 304 g/mol. The lowest BCUT2D eigenvalue weighted by Gasteiger charge is -2.32. The van der Waals surface area contributed by atoms with Crippen molar-refractivity contribution in [3.63, 3.8) is 0 Å². The Morgan fingerprint density at radius 3 is 2.16 bits per heavy atom. The van der Waals surface area contributed by atoms with Crippen molar-refractivity contribution in [2.45, 2.75) is 59.0 Å². The molecule has 0 aromatic heterocycles. The molecule has 0 aliphatic heterocycles. The third kappa shape index (κ3) is 4.94. The second-order valence-corrected chi connectivity index (χ2v) is 7.38.